The lowest BCUT2D eigenvalue weighted by Gasteiger charge is -2.34. The minimum atomic E-state index is -0.00692. The molecule has 302 valence electrons. The number of nitrogens with zero attached hydrogens (tertiary/aromatic N) is 3. The maximum Gasteiger partial charge on any atom is 0.244 e. The minimum Gasteiger partial charge on any atom is -0.457 e. The third kappa shape index (κ3) is 5.50. The minimum absolute atomic E-state index is 0.00692. The lowest BCUT2D eigenvalue weighted by atomic mass is 9.31. The van der Waals surface area contributed by atoms with Gasteiger partial charge in [0.15, 0.2) is 0 Å². The van der Waals surface area contributed by atoms with Crippen molar-refractivity contribution in [2.45, 2.75) is 33.1 Å². The molecule has 3 aromatic heterocycles. The highest BCUT2D eigenvalue weighted by Crippen LogP contribution is 2.43. The summed E-state index contributed by atoms with van der Waals surface area (Å²) in [5.41, 5.74) is 18.2. The molecule has 4 nitrogen and oxygen atoms in total. The first-order valence-corrected chi connectivity index (χ1v) is 22.2. The first-order chi connectivity index (χ1) is 31.3. The summed E-state index contributed by atoms with van der Waals surface area (Å²) in [6, 6.07) is 62.0. The fraction of sp³-hybridized carbons (Fsp3) is 0.0847. The van der Waals surface area contributed by atoms with Crippen LogP contribution in [0.15, 0.2) is 182 Å². The number of hydrogen-bond donors (Lipinski definition) is 0. The van der Waals surface area contributed by atoms with Crippen LogP contribution in [0.2, 0.25) is 0 Å². The van der Waals surface area contributed by atoms with Gasteiger partial charge in [0.2, 0.25) is 6.71 Å². The summed E-state index contributed by atoms with van der Waals surface area (Å²) >= 11 is 0. The van der Waals surface area contributed by atoms with E-state index >= 15 is 0 Å². The first kappa shape index (κ1) is 36.9. The Hall–Kier alpha value is -7.76. The molecule has 8 aromatic carbocycles. The van der Waals surface area contributed by atoms with Crippen LogP contribution in [-0.4, -0.2) is 21.2 Å². The Morgan fingerprint density at radius 1 is 0.516 bits per heavy atom. The number of rotatable bonds is 5. The van der Waals surface area contributed by atoms with E-state index < -0.39 is 0 Å². The van der Waals surface area contributed by atoms with Gasteiger partial charge in [0, 0.05) is 34.8 Å². The van der Waals surface area contributed by atoms with Crippen LogP contribution in [0.25, 0.3) is 93.8 Å². The molecule has 0 N–H and O–H groups in total. The molecule has 0 fully saturated rings. The molecular weight excluding hydrogens is 777 g/mol. The molecule has 13 rings (SSSR count). The Kier molecular flexibility index (Phi) is 7.84. The maximum atomic E-state index is 6.71. The van der Waals surface area contributed by atoms with Gasteiger partial charge < -0.3 is 4.74 Å². The first-order valence-electron chi connectivity index (χ1n) is 22.2. The SMILES string of the molecule is Cc1cnc(-c2cccc(Oc3ccc4c5ccccc5n(-c5cc(C(C)(C)C)ccn5)c4c3)c2)cc1-c1cc2c3c(c1)-c1cccc4cccc(c14)B3c1cccc3cccc-2c13. The Balaban J connectivity index is 0.916. The van der Waals surface area contributed by atoms with Gasteiger partial charge in [-0.2, -0.15) is 0 Å². The number of benzene rings is 8. The normalized spacial score (nSPS) is 12.7. The molecular formula is C59H42BN3O. The van der Waals surface area contributed by atoms with Crippen LogP contribution in [0.4, 0.5) is 0 Å². The average Bonchev–Trinajstić information content (AvgIpc) is 3.65. The van der Waals surface area contributed by atoms with E-state index in [0.717, 1.165) is 50.6 Å². The van der Waals surface area contributed by atoms with Gasteiger partial charge in [-0.15, -0.1) is 0 Å². The van der Waals surface area contributed by atoms with Gasteiger partial charge >= 0.3 is 0 Å². The largest absolute Gasteiger partial charge is 0.457 e. The number of hydrogen-bond acceptors (Lipinski definition) is 3. The van der Waals surface area contributed by atoms with E-state index in [9.17, 15) is 0 Å². The number of aryl methyl sites for hydroxylation is 1. The number of ether oxygens (including phenoxy) is 1. The summed E-state index contributed by atoms with van der Waals surface area (Å²) in [5.74, 6) is 2.40. The Bertz CT molecular complexity index is 3660. The molecule has 0 saturated heterocycles. The highest BCUT2D eigenvalue weighted by molar-refractivity contribution is 7.01. The van der Waals surface area contributed by atoms with Crippen LogP contribution in [0.1, 0.15) is 31.9 Å². The second-order valence-corrected chi connectivity index (χ2v) is 18.6. The van der Waals surface area contributed by atoms with Crippen molar-refractivity contribution < 1.29 is 4.74 Å². The summed E-state index contributed by atoms with van der Waals surface area (Å²) < 4.78 is 8.97. The summed E-state index contributed by atoms with van der Waals surface area (Å²) in [6.07, 6.45) is 3.94. The van der Waals surface area contributed by atoms with Gasteiger partial charge in [0.05, 0.1) is 16.7 Å². The molecule has 64 heavy (non-hydrogen) atoms. The topological polar surface area (TPSA) is 39.9 Å². The lowest BCUT2D eigenvalue weighted by molar-refractivity contribution is 0.483. The molecule has 5 heterocycles. The van der Waals surface area contributed by atoms with Crippen LogP contribution in [0.3, 0.4) is 0 Å². The van der Waals surface area contributed by atoms with E-state index in [1.807, 2.05) is 18.5 Å². The van der Waals surface area contributed by atoms with Crippen molar-refractivity contribution >= 4 is 66.5 Å². The molecule has 0 spiro atoms. The third-order valence-electron chi connectivity index (χ3n) is 13.8. The third-order valence-corrected chi connectivity index (χ3v) is 13.8. The van der Waals surface area contributed by atoms with Gasteiger partial charge in [-0.05, 0) is 139 Å². The maximum absolute atomic E-state index is 6.71. The summed E-state index contributed by atoms with van der Waals surface area (Å²) in [7, 11) is 0. The van der Waals surface area contributed by atoms with Gasteiger partial charge in [-0.25, -0.2) is 4.98 Å². The van der Waals surface area contributed by atoms with Gasteiger partial charge in [0.1, 0.15) is 17.3 Å². The van der Waals surface area contributed by atoms with Crippen LogP contribution < -0.4 is 21.1 Å². The Morgan fingerprint density at radius 3 is 1.89 bits per heavy atom. The lowest BCUT2D eigenvalue weighted by Crippen LogP contribution is -2.57. The molecule has 11 aromatic rings. The zero-order chi connectivity index (χ0) is 42.8. The quantitative estimate of drug-likeness (QED) is 0.162. The van der Waals surface area contributed by atoms with Gasteiger partial charge in [-0.1, -0.05) is 140 Å². The van der Waals surface area contributed by atoms with Crippen molar-refractivity contribution in [3.05, 3.63) is 193 Å². The molecule has 0 bridgehead atoms. The highest BCUT2D eigenvalue weighted by Gasteiger charge is 2.38. The van der Waals surface area contributed by atoms with Crippen LogP contribution in [0.5, 0.6) is 11.5 Å². The predicted molar refractivity (Wildman–Crippen MR) is 268 cm³/mol. The van der Waals surface area contributed by atoms with Crippen molar-refractivity contribution in [3.8, 4) is 62.0 Å². The fourth-order valence-electron chi connectivity index (χ4n) is 10.8. The number of aromatic nitrogens is 3. The molecule has 0 radical (unpaired) electrons. The van der Waals surface area contributed by atoms with E-state index in [-0.39, 0.29) is 12.1 Å². The van der Waals surface area contributed by atoms with Crippen molar-refractivity contribution in [2.75, 3.05) is 0 Å². The van der Waals surface area contributed by atoms with Crippen molar-refractivity contribution in [2.24, 2.45) is 0 Å². The number of pyridine rings is 2. The summed E-state index contributed by atoms with van der Waals surface area (Å²) in [4.78, 5) is 9.90. The van der Waals surface area contributed by atoms with Gasteiger partial charge in [-0.3, -0.25) is 9.55 Å². The summed E-state index contributed by atoms with van der Waals surface area (Å²) in [6.45, 7) is 9.05. The number of para-hydroxylation sites is 1. The van der Waals surface area contributed by atoms with Crippen molar-refractivity contribution in [3.63, 3.8) is 0 Å². The standard InChI is InChI=1S/C59H42BN3O/c1-35-34-62-52(38-16-7-17-41(28-38)64-42-24-25-44-43-18-5-6-23-53(43)63(54(44)32-42)55-31-40(26-27-61-55)59(2,3)4)33-47(35)39-29-48-45-19-8-12-36-14-10-21-50(56(36)45)60-51-22-11-15-37-13-9-20-46(57(37)51)49(30-39)58(48)60/h5-34H,1-4H3. The Morgan fingerprint density at radius 2 is 1.17 bits per heavy atom. The smallest absolute Gasteiger partial charge is 0.244 e. The average molecular weight is 820 g/mol. The fourth-order valence-corrected chi connectivity index (χ4v) is 10.8. The molecule has 0 unspecified atom stereocenters. The molecule has 2 aliphatic rings. The molecule has 0 aliphatic carbocycles. The highest BCUT2D eigenvalue weighted by atomic mass is 16.5. The molecule has 0 atom stereocenters. The molecule has 5 heteroatoms. The Labute approximate surface area is 372 Å². The van der Waals surface area contributed by atoms with Gasteiger partial charge in [0.25, 0.3) is 0 Å². The monoisotopic (exact) mass is 819 g/mol. The van der Waals surface area contributed by atoms with Crippen LogP contribution in [-0.2, 0) is 5.41 Å². The van der Waals surface area contributed by atoms with E-state index in [4.69, 9.17) is 14.7 Å². The second-order valence-electron chi connectivity index (χ2n) is 18.6. The summed E-state index contributed by atoms with van der Waals surface area (Å²) in [5, 5.41) is 7.63. The van der Waals surface area contributed by atoms with Crippen molar-refractivity contribution in [1.29, 1.82) is 0 Å². The zero-order valence-corrected chi connectivity index (χ0v) is 36.1. The predicted octanol–water partition coefficient (Wildman–Crippen LogP) is 13.1. The number of fused-ring (bicyclic) bond motifs is 7. The van der Waals surface area contributed by atoms with E-state index in [1.54, 1.807) is 0 Å². The van der Waals surface area contributed by atoms with E-state index in [2.05, 4.69) is 196 Å². The second kappa shape index (κ2) is 13.6. The molecule has 2 aliphatic heterocycles. The van der Waals surface area contributed by atoms with E-state index in [0.29, 0.717) is 0 Å². The zero-order valence-electron chi connectivity index (χ0n) is 36.1. The van der Waals surface area contributed by atoms with E-state index in [1.165, 1.54) is 82.3 Å². The molecule has 0 amide bonds. The van der Waals surface area contributed by atoms with Crippen LogP contribution in [0, 0.1) is 6.92 Å². The van der Waals surface area contributed by atoms with Crippen LogP contribution >= 0.6 is 0 Å². The molecule has 0 saturated carbocycles. The van der Waals surface area contributed by atoms with Crippen molar-refractivity contribution in [1.82, 2.24) is 14.5 Å².